The standard InChI is InChI=1S/C21H29N7O2/c1-4-17(5-2)27-11-16(10-25-27)20-19-6-7-24-28(19)12-18(26-20)15(8-22)9-23-13-21(3,30)14-29/h6-12,17,22-23,29-30H,4-5,13-14H2,1-3H3/b15-9+,22-8?. The van der Waals surface area contributed by atoms with Crippen molar-refractivity contribution in [3.8, 4) is 11.3 Å². The number of hydrogen-bond donors (Lipinski definition) is 4. The van der Waals surface area contributed by atoms with Gasteiger partial charge < -0.3 is 20.9 Å². The maximum atomic E-state index is 9.94. The Morgan fingerprint density at radius 1 is 1.30 bits per heavy atom. The largest absolute Gasteiger partial charge is 0.393 e. The number of nitrogens with zero attached hydrogens (tertiary/aromatic N) is 5. The van der Waals surface area contributed by atoms with Gasteiger partial charge in [0.05, 0.1) is 48.1 Å². The van der Waals surface area contributed by atoms with Crippen molar-refractivity contribution in [2.75, 3.05) is 13.2 Å². The minimum Gasteiger partial charge on any atom is -0.393 e. The topological polar surface area (TPSA) is 124 Å². The maximum Gasteiger partial charge on any atom is 0.102 e. The lowest BCUT2D eigenvalue weighted by atomic mass is 10.1. The van der Waals surface area contributed by atoms with E-state index in [4.69, 9.17) is 10.4 Å². The van der Waals surface area contributed by atoms with Gasteiger partial charge in [-0.05, 0) is 25.8 Å². The fourth-order valence-electron chi connectivity index (χ4n) is 3.23. The van der Waals surface area contributed by atoms with Crippen molar-refractivity contribution < 1.29 is 10.2 Å². The third kappa shape index (κ3) is 4.58. The van der Waals surface area contributed by atoms with Crippen LogP contribution in [0.3, 0.4) is 0 Å². The zero-order valence-electron chi connectivity index (χ0n) is 17.6. The number of aliphatic hydroxyl groups excluding tert-OH is 1. The van der Waals surface area contributed by atoms with Gasteiger partial charge in [-0.2, -0.15) is 10.2 Å². The van der Waals surface area contributed by atoms with Gasteiger partial charge in [-0.1, -0.05) is 13.8 Å². The zero-order valence-corrected chi connectivity index (χ0v) is 17.6. The summed E-state index contributed by atoms with van der Waals surface area (Å²) in [5.74, 6) is 0. The van der Waals surface area contributed by atoms with E-state index in [1.54, 1.807) is 23.1 Å². The summed E-state index contributed by atoms with van der Waals surface area (Å²) in [6, 6.07) is 2.23. The van der Waals surface area contributed by atoms with Crippen LogP contribution in [0, 0.1) is 5.41 Å². The Labute approximate surface area is 175 Å². The van der Waals surface area contributed by atoms with Crippen LogP contribution in [0.4, 0.5) is 0 Å². The molecule has 0 aromatic carbocycles. The normalized spacial score (nSPS) is 14.3. The molecule has 160 valence electrons. The second kappa shape index (κ2) is 9.19. The molecule has 0 aliphatic carbocycles. The highest BCUT2D eigenvalue weighted by atomic mass is 16.3. The number of aliphatic hydroxyl groups is 2. The van der Waals surface area contributed by atoms with Crippen molar-refractivity contribution in [2.24, 2.45) is 0 Å². The summed E-state index contributed by atoms with van der Waals surface area (Å²) >= 11 is 0. The summed E-state index contributed by atoms with van der Waals surface area (Å²) in [4.78, 5) is 4.79. The molecule has 0 amide bonds. The van der Waals surface area contributed by atoms with E-state index in [1.165, 1.54) is 13.1 Å². The quantitative estimate of drug-likeness (QED) is 0.379. The first kappa shape index (κ1) is 21.7. The van der Waals surface area contributed by atoms with Crippen LogP contribution in [0.2, 0.25) is 0 Å². The summed E-state index contributed by atoms with van der Waals surface area (Å²) in [6.45, 7) is 5.59. The van der Waals surface area contributed by atoms with Crippen molar-refractivity contribution in [1.82, 2.24) is 29.7 Å². The maximum absolute atomic E-state index is 9.94. The smallest absolute Gasteiger partial charge is 0.102 e. The predicted molar refractivity (Wildman–Crippen MR) is 116 cm³/mol. The number of fused-ring (bicyclic) bond motifs is 1. The number of aromatic nitrogens is 5. The number of rotatable bonds is 10. The van der Waals surface area contributed by atoms with Gasteiger partial charge in [-0.15, -0.1) is 0 Å². The van der Waals surface area contributed by atoms with Gasteiger partial charge in [-0.3, -0.25) is 4.68 Å². The Morgan fingerprint density at radius 2 is 2.07 bits per heavy atom. The summed E-state index contributed by atoms with van der Waals surface area (Å²) in [7, 11) is 0. The molecule has 1 atom stereocenters. The van der Waals surface area contributed by atoms with E-state index in [9.17, 15) is 10.2 Å². The molecule has 3 rings (SSSR count). The molecule has 9 heteroatoms. The molecule has 4 N–H and O–H groups in total. The van der Waals surface area contributed by atoms with Gasteiger partial charge in [0, 0.05) is 36.3 Å². The Morgan fingerprint density at radius 3 is 2.73 bits per heavy atom. The van der Waals surface area contributed by atoms with Crippen LogP contribution in [-0.4, -0.2) is 59.6 Å². The van der Waals surface area contributed by atoms with E-state index >= 15 is 0 Å². The summed E-state index contributed by atoms with van der Waals surface area (Å²) in [5, 5.41) is 38.7. The van der Waals surface area contributed by atoms with Crippen molar-refractivity contribution >= 4 is 17.3 Å². The predicted octanol–water partition coefficient (Wildman–Crippen LogP) is 2.28. The van der Waals surface area contributed by atoms with E-state index in [-0.39, 0.29) is 13.2 Å². The lowest BCUT2D eigenvalue weighted by Crippen LogP contribution is -2.39. The molecule has 30 heavy (non-hydrogen) atoms. The van der Waals surface area contributed by atoms with Gasteiger partial charge in [0.15, 0.2) is 0 Å². The van der Waals surface area contributed by atoms with Gasteiger partial charge in [0.1, 0.15) is 5.60 Å². The molecule has 0 aliphatic heterocycles. The first-order valence-electron chi connectivity index (χ1n) is 10.1. The number of allylic oxidation sites excluding steroid dienone is 1. The Bertz CT molecular complexity index is 1030. The van der Waals surface area contributed by atoms with Gasteiger partial charge >= 0.3 is 0 Å². The van der Waals surface area contributed by atoms with Crippen LogP contribution < -0.4 is 5.32 Å². The SMILES string of the molecule is CCC(CC)n1cc(-c2nc(/C(C=N)=C/NCC(C)(O)CO)cn3nccc23)cn1. The highest BCUT2D eigenvalue weighted by Gasteiger charge is 2.18. The van der Waals surface area contributed by atoms with E-state index < -0.39 is 5.60 Å². The molecule has 0 spiro atoms. The molecule has 3 aromatic rings. The summed E-state index contributed by atoms with van der Waals surface area (Å²) in [5.41, 5.74) is 2.30. The Hall–Kier alpha value is -3.04. The van der Waals surface area contributed by atoms with E-state index in [0.29, 0.717) is 17.3 Å². The molecule has 9 nitrogen and oxygen atoms in total. The van der Waals surface area contributed by atoms with Crippen LogP contribution in [0.25, 0.3) is 22.3 Å². The summed E-state index contributed by atoms with van der Waals surface area (Å²) < 4.78 is 3.70. The Kier molecular flexibility index (Phi) is 6.63. The first-order chi connectivity index (χ1) is 14.4. The third-order valence-electron chi connectivity index (χ3n) is 5.11. The fourth-order valence-corrected chi connectivity index (χ4v) is 3.23. The third-order valence-corrected chi connectivity index (χ3v) is 5.11. The molecule has 0 saturated carbocycles. The van der Waals surface area contributed by atoms with E-state index in [0.717, 1.165) is 29.6 Å². The lowest BCUT2D eigenvalue weighted by molar-refractivity contribution is 0.00524. The minimum atomic E-state index is -1.25. The Balaban J connectivity index is 1.99. The molecule has 1 unspecified atom stereocenters. The van der Waals surface area contributed by atoms with Crippen molar-refractivity contribution in [3.05, 3.63) is 42.7 Å². The van der Waals surface area contributed by atoms with Crippen LogP contribution in [0.5, 0.6) is 0 Å². The fraction of sp³-hybridized carbons (Fsp3) is 0.429. The lowest BCUT2D eigenvalue weighted by Gasteiger charge is -2.20. The second-order valence-electron chi connectivity index (χ2n) is 7.60. The van der Waals surface area contributed by atoms with Crippen LogP contribution in [0.1, 0.15) is 45.3 Å². The average molecular weight is 412 g/mol. The van der Waals surface area contributed by atoms with Gasteiger partial charge in [-0.25, -0.2) is 9.50 Å². The van der Waals surface area contributed by atoms with E-state index in [2.05, 4.69) is 29.4 Å². The van der Waals surface area contributed by atoms with Crippen molar-refractivity contribution in [3.63, 3.8) is 0 Å². The molecule has 3 heterocycles. The second-order valence-corrected chi connectivity index (χ2v) is 7.60. The molecule has 0 fully saturated rings. The van der Waals surface area contributed by atoms with Crippen molar-refractivity contribution in [2.45, 2.75) is 45.3 Å². The highest BCUT2D eigenvalue weighted by molar-refractivity contribution is 6.07. The highest BCUT2D eigenvalue weighted by Crippen LogP contribution is 2.26. The van der Waals surface area contributed by atoms with Crippen LogP contribution in [-0.2, 0) is 0 Å². The molecule has 0 saturated heterocycles. The number of nitrogens with one attached hydrogen (secondary N) is 2. The average Bonchev–Trinajstić information content (AvgIpc) is 3.41. The van der Waals surface area contributed by atoms with E-state index in [1.807, 2.05) is 23.1 Å². The molecule has 0 radical (unpaired) electrons. The molecular weight excluding hydrogens is 382 g/mol. The molecule has 0 aliphatic rings. The monoisotopic (exact) mass is 411 g/mol. The van der Waals surface area contributed by atoms with Crippen LogP contribution in [0.15, 0.2) is 37.1 Å². The van der Waals surface area contributed by atoms with Crippen LogP contribution >= 0.6 is 0 Å². The minimum absolute atomic E-state index is 0.139. The van der Waals surface area contributed by atoms with Crippen molar-refractivity contribution in [1.29, 1.82) is 5.41 Å². The van der Waals surface area contributed by atoms with Gasteiger partial charge in [0.25, 0.3) is 0 Å². The molecule has 0 bridgehead atoms. The molecule has 3 aromatic heterocycles. The first-order valence-corrected chi connectivity index (χ1v) is 10.1. The number of hydrogen-bond acceptors (Lipinski definition) is 7. The van der Waals surface area contributed by atoms with Gasteiger partial charge in [0.2, 0.25) is 0 Å². The molecular formula is C21H29N7O2. The zero-order chi connectivity index (χ0) is 21.7. The summed E-state index contributed by atoms with van der Waals surface area (Å²) in [6.07, 6.45) is 12.1.